The lowest BCUT2D eigenvalue weighted by Crippen LogP contribution is -2.54. The summed E-state index contributed by atoms with van der Waals surface area (Å²) in [5.41, 5.74) is 7.20. The molecule has 1 heterocycles. The molecule has 1 saturated heterocycles. The van der Waals surface area contributed by atoms with Crippen LogP contribution >= 0.6 is 24.0 Å². The number of nitrogens with zero attached hydrogens (tertiary/aromatic N) is 2. The van der Waals surface area contributed by atoms with Crippen molar-refractivity contribution in [3.63, 3.8) is 0 Å². The van der Waals surface area contributed by atoms with Crippen molar-refractivity contribution < 1.29 is 4.79 Å². The Morgan fingerprint density at radius 1 is 1.26 bits per heavy atom. The van der Waals surface area contributed by atoms with Crippen molar-refractivity contribution in [3.05, 3.63) is 34.9 Å². The molecule has 2 atom stereocenters. The maximum atomic E-state index is 12.4. The Kier molecular flexibility index (Phi) is 8.34. The van der Waals surface area contributed by atoms with Gasteiger partial charge in [-0.1, -0.05) is 50.1 Å². The fourth-order valence-corrected chi connectivity index (χ4v) is 2.90. The van der Waals surface area contributed by atoms with Crippen LogP contribution in [0, 0.1) is 5.92 Å². The molecule has 0 aromatic heterocycles. The Morgan fingerprint density at radius 3 is 2.43 bits per heavy atom. The van der Waals surface area contributed by atoms with E-state index in [1.54, 1.807) is 0 Å². The van der Waals surface area contributed by atoms with Crippen molar-refractivity contribution in [2.24, 2.45) is 11.7 Å². The molecule has 1 amide bonds. The van der Waals surface area contributed by atoms with Gasteiger partial charge in [-0.05, 0) is 17.5 Å². The van der Waals surface area contributed by atoms with Gasteiger partial charge in [0.15, 0.2) is 0 Å². The molecule has 1 aromatic rings. The Bertz CT molecular complexity index is 504. The summed E-state index contributed by atoms with van der Waals surface area (Å²) in [6.07, 6.45) is 0.930. The van der Waals surface area contributed by atoms with Crippen LogP contribution in [0.25, 0.3) is 0 Å². The Labute approximate surface area is 150 Å². The number of hydrogen-bond donors (Lipinski definition) is 1. The third-order valence-corrected chi connectivity index (χ3v) is 4.95. The highest BCUT2D eigenvalue weighted by Gasteiger charge is 2.27. The van der Waals surface area contributed by atoms with E-state index >= 15 is 0 Å². The number of amides is 1. The lowest BCUT2D eigenvalue weighted by atomic mass is 9.98. The summed E-state index contributed by atoms with van der Waals surface area (Å²) in [7, 11) is 0. The van der Waals surface area contributed by atoms with Crippen molar-refractivity contribution in [3.8, 4) is 0 Å². The van der Waals surface area contributed by atoms with Crippen molar-refractivity contribution >= 4 is 29.9 Å². The van der Waals surface area contributed by atoms with Gasteiger partial charge in [0.1, 0.15) is 0 Å². The smallest absolute Gasteiger partial charge is 0.239 e. The second-order valence-electron chi connectivity index (χ2n) is 6.10. The largest absolute Gasteiger partial charge is 0.339 e. The highest BCUT2D eigenvalue weighted by Crippen LogP contribution is 2.18. The zero-order valence-corrected chi connectivity index (χ0v) is 15.4. The molecule has 0 radical (unpaired) electrons. The fraction of sp³-hybridized carbons (Fsp3) is 0.588. The lowest BCUT2D eigenvalue weighted by molar-refractivity contribution is -0.135. The van der Waals surface area contributed by atoms with Crippen molar-refractivity contribution in [2.45, 2.75) is 32.9 Å². The standard InChI is InChI=1S/C17H26ClN3O.ClH/c1-3-13(2)16(19)17(22)21-10-8-20(9-11-21)12-14-6-4-5-7-15(14)18;/h4-7,13,16H,3,8-12,19H2,1-2H3;1H. The first-order valence-corrected chi connectivity index (χ1v) is 8.40. The monoisotopic (exact) mass is 359 g/mol. The van der Waals surface area contributed by atoms with Gasteiger partial charge < -0.3 is 10.6 Å². The summed E-state index contributed by atoms with van der Waals surface area (Å²) in [5, 5.41) is 0.805. The molecule has 1 aliphatic heterocycles. The predicted molar refractivity (Wildman–Crippen MR) is 98.0 cm³/mol. The van der Waals surface area contributed by atoms with Crippen molar-refractivity contribution in [1.82, 2.24) is 9.80 Å². The van der Waals surface area contributed by atoms with Crippen LogP contribution in [-0.4, -0.2) is 47.9 Å². The molecule has 6 heteroatoms. The molecular weight excluding hydrogens is 333 g/mol. The van der Waals surface area contributed by atoms with E-state index in [1.807, 2.05) is 30.0 Å². The highest BCUT2D eigenvalue weighted by atomic mass is 35.5. The molecule has 2 N–H and O–H groups in total. The molecule has 0 aliphatic carbocycles. The molecule has 2 unspecified atom stereocenters. The second kappa shape index (κ2) is 9.48. The van der Waals surface area contributed by atoms with Gasteiger partial charge in [0.25, 0.3) is 0 Å². The minimum absolute atomic E-state index is 0. The molecule has 0 bridgehead atoms. The van der Waals surface area contributed by atoms with Gasteiger partial charge in [-0.25, -0.2) is 0 Å². The molecule has 0 spiro atoms. The third-order valence-electron chi connectivity index (χ3n) is 4.58. The number of piperazine rings is 1. The molecule has 130 valence electrons. The number of rotatable bonds is 5. The first-order valence-electron chi connectivity index (χ1n) is 8.03. The van der Waals surface area contributed by atoms with Crippen molar-refractivity contribution in [1.29, 1.82) is 0 Å². The zero-order valence-electron chi connectivity index (χ0n) is 13.9. The summed E-state index contributed by atoms with van der Waals surface area (Å²) >= 11 is 6.21. The average molecular weight is 360 g/mol. The molecular formula is C17H27Cl2N3O. The first-order chi connectivity index (χ1) is 10.5. The topological polar surface area (TPSA) is 49.6 Å². The Balaban J connectivity index is 0.00000264. The van der Waals surface area contributed by atoms with Crippen LogP contribution in [0.3, 0.4) is 0 Å². The van der Waals surface area contributed by atoms with E-state index < -0.39 is 0 Å². The number of halogens is 2. The number of carbonyl (C=O) groups is 1. The molecule has 23 heavy (non-hydrogen) atoms. The Hall–Kier alpha value is -0.810. The predicted octanol–water partition coefficient (Wildman–Crippen LogP) is 2.78. The van der Waals surface area contributed by atoms with Crippen LogP contribution in [0.2, 0.25) is 5.02 Å². The lowest BCUT2D eigenvalue weighted by Gasteiger charge is -2.36. The van der Waals surface area contributed by atoms with E-state index in [1.165, 1.54) is 0 Å². The van der Waals surface area contributed by atoms with Crippen LogP contribution in [0.1, 0.15) is 25.8 Å². The SMILES string of the molecule is CCC(C)C(N)C(=O)N1CCN(Cc2ccccc2Cl)CC1.Cl. The normalized spacial score (nSPS) is 18.2. The first kappa shape index (κ1) is 20.2. The second-order valence-corrected chi connectivity index (χ2v) is 6.51. The van der Waals surface area contributed by atoms with Crippen LogP contribution in [0.15, 0.2) is 24.3 Å². The highest BCUT2D eigenvalue weighted by molar-refractivity contribution is 6.31. The summed E-state index contributed by atoms with van der Waals surface area (Å²) in [4.78, 5) is 16.6. The van der Waals surface area contributed by atoms with Crippen LogP contribution in [-0.2, 0) is 11.3 Å². The molecule has 1 aromatic carbocycles. The maximum Gasteiger partial charge on any atom is 0.239 e. The summed E-state index contributed by atoms with van der Waals surface area (Å²) in [6.45, 7) is 8.16. The molecule has 0 saturated carbocycles. The van der Waals surface area contributed by atoms with E-state index in [4.69, 9.17) is 17.3 Å². The van der Waals surface area contributed by atoms with Gasteiger partial charge in [0, 0.05) is 37.7 Å². The Morgan fingerprint density at radius 2 is 1.87 bits per heavy atom. The van der Waals surface area contributed by atoms with Crippen LogP contribution in [0.4, 0.5) is 0 Å². The van der Waals surface area contributed by atoms with Gasteiger partial charge in [-0.2, -0.15) is 0 Å². The summed E-state index contributed by atoms with van der Waals surface area (Å²) < 4.78 is 0. The fourth-order valence-electron chi connectivity index (χ4n) is 2.70. The van der Waals surface area contributed by atoms with Gasteiger partial charge in [0.05, 0.1) is 6.04 Å². The zero-order chi connectivity index (χ0) is 16.1. The van der Waals surface area contributed by atoms with E-state index in [0.29, 0.717) is 0 Å². The van der Waals surface area contributed by atoms with Crippen LogP contribution < -0.4 is 5.73 Å². The minimum Gasteiger partial charge on any atom is -0.339 e. The maximum absolute atomic E-state index is 12.4. The quantitative estimate of drug-likeness (QED) is 0.879. The molecule has 2 rings (SSSR count). The third kappa shape index (κ3) is 5.35. The van der Waals surface area contributed by atoms with Gasteiger partial charge >= 0.3 is 0 Å². The summed E-state index contributed by atoms with van der Waals surface area (Å²) in [5.74, 6) is 0.320. The van der Waals surface area contributed by atoms with E-state index in [-0.39, 0.29) is 30.3 Å². The number of hydrogen-bond acceptors (Lipinski definition) is 3. The van der Waals surface area contributed by atoms with Crippen LogP contribution in [0.5, 0.6) is 0 Å². The van der Waals surface area contributed by atoms with Gasteiger partial charge in [-0.15, -0.1) is 12.4 Å². The molecule has 1 aliphatic rings. The molecule has 4 nitrogen and oxygen atoms in total. The van der Waals surface area contributed by atoms with Crippen molar-refractivity contribution in [2.75, 3.05) is 26.2 Å². The number of benzene rings is 1. The van der Waals surface area contributed by atoms with Gasteiger partial charge in [0.2, 0.25) is 5.91 Å². The van der Waals surface area contributed by atoms with E-state index in [9.17, 15) is 4.79 Å². The average Bonchev–Trinajstić information content (AvgIpc) is 2.55. The van der Waals surface area contributed by atoms with E-state index in [2.05, 4.69) is 17.9 Å². The minimum atomic E-state index is -0.375. The molecule has 1 fully saturated rings. The van der Waals surface area contributed by atoms with Gasteiger partial charge in [-0.3, -0.25) is 9.69 Å². The number of nitrogens with two attached hydrogens (primary N) is 1. The summed E-state index contributed by atoms with van der Waals surface area (Å²) in [6, 6.07) is 7.55. The van der Waals surface area contributed by atoms with E-state index in [0.717, 1.165) is 49.7 Å². The number of carbonyl (C=O) groups excluding carboxylic acids is 1.